The van der Waals surface area contributed by atoms with Crippen molar-refractivity contribution in [3.05, 3.63) is 66.4 Å². The molecule has 0 amide bonds. The lowest BCUT2D eigenvalue weighted by molar-refractivity contribution is 0.473. The Morgan fingerprint density at radius 1 is 1.27 bits per heavy atom. The number of nitrogens with zero attached hydrogens (tertiary/aromatic N) is 1. The van der Waals surface area contributed by atoms with Crippen molar-refractivity contribution in [1.29, 1.82) is 0 Å². The second kappa shape index (κ2) is 4.60. The van der Waals surface area contributed by atoms with E-state index in [1.54, 1.807) is 6.20 Å². The lowest BCUT2D eigenvalue weighted by Crippen LogP contribution is -1.86. The van der Waals surface area contributed by atoms with Crippen molar-refractivity contribution in [2.75, 3.05) is 0 Å². The molecular weight excluding hydrogens is 186 g/mol. The van der Waals surface area contributed by atoms with Gasteiger partial charge in [-0.15, -0.1) is 6.58 Å². The highest BCUT2D eigenvalue weighted by molar-refractivity contribution is 5.18. The summed E-state index contributed by atoms with van der Waals surface area (Å²) < 4.78 is 5.55. The molecule has 1 aromatic heterocycles. The molecule has 0 aliphatic rings. The Hall–Kier alpha value is -1.83. The molecule has 0 aliphatic carbocycles. The smallest absolute Gasteiger partial charge is 0.198 e. The van der Waals surface area contributed by atoms with Crippen molar-refractivity contribution in [2.24, 2.45) is 0 Å². The van der Waals surface area contributed by atoms with E-state index in [1.807, 2.05) is 24.3 Å². The molecule has 0 spiro atoms. The standard InChI is InChI=1S/C13H13NO/c1-2-6-12-10-14-13(15-12)9-11-7-4-3-5-8-11/h2-5,7-8,10H,1,6,9H2. The summed E-state index contributed by atoms with van der Waals surface area (Å²) in [5, 5.41) is 0. The molecule has 2 heteroatoms. The predicted molar refractivity (Wildman–Crippen MR) is 59.7 cm³/mol. The molecule has 0 saturated carbocycles. The van der Waals surface area contributed by atoms with E-state index in [2.05, 4.69) is 23.7 Å². The van der Waals surface area contributed by atoms with Crippen LogP contribution in [0.4, 0.5) is 0 Å². The molecule has 1 heterocycles. The molecule has 2 nitrogen and oxygen atoms in total. The molecule has 15 heavy (non-hydrogen) atoms. The van der Waals surface area contributed by atoms with E-state index in [-0.39, 0.29) is 0 Å². The van der Waals surface area contributed by atoms with Gasteiger partial charge in [0.2, 0.25) is 0 Å². The van der Waals surface area contributed by atoms with E-state index in [4.69, 9.17) is 4.42 Å². The second-order valence-electron chi connectivity index (χ2n) is 3.38. The Labute approximate surface area is 89.3 Å². The van der Waals surface area contributed by atoms with E-state index in [1.165, 1.54) is 5.56 Å². The van der Waals surface area contributed by atoms with Gasteiger partial charge in [0.15, 0.2) is 5.89 Å². The number of allylic oxidation sites excluding steroid dienone is 1. The third kappa shape index (κ3) is 2.56. The van der Waals surface area contributed by atoms with Crippen LogP contribution in [0.1, 0.15) is 17.2 Å². The van der Waals surface area contributed by atoms with Crippen LogP contribution in [0.15, 0.2) is 53.6 Å². The van der Waals surface area contributed by atoms with Crippen LogP contribution >= 0.6 is 0 Å². The van der Waals surface area contributed by atoms with Crippen LogP contribution in [0.5, 0.6) is 0 Å². The molecule has 0 saturated heterocycles. The summed E-state index contributed by atoms with van der Waals surface area (Å²) in [5.41, 5.74) is 1.21. The van der Waals surface area contributed by atoms with Gasteiger partial charge >= 0.3 is 0 Å². The zero-order valence-electron chi connectivity index (χ0n) is 8.52. The molecule has 2 rings (SSSR count). The SMILES string of the molecule is C=CCc1cnc(Cc2ccccc2)o1. The summed E-state index contributed by atoms with van der Waals surface area (Å²) in [4.78, 5) is 4.22. The first kappa shape index (κ1) is 9.71. The predicted octanol–water partition coefficient (Wildman–Crippen LogP) is 2.99. The van der Waals surface area contributed by atoms with Crippen LogP contribution in [0.25, 0.3) is 0 Å². The minimum atomic E-state index is 0.738. The lowest BCUT2D eigenvalue weighted by Gasteiger charge is -1.95. The maximum atomic E-state index is 5.55. The van der Waals surface area contributed by atoms with Crippen molar-refractivity contribution in [1.82, 2.24) is 4.98 Å². The van der Waals surface area contributed by atoms with E-state index in [9.17, 15) is 0 Å². The van der Waals surface area contributed by atoms with Crippen molar-refractivity contribution >= 4 is 0 Å². The van der Waals surface area contributed by atoms with Crippen molar-refractivity contribution < 1.29 is 4.42 Å². The highest BCUT2D eigenvalue weighted by Gasteiger charge is 2.03. The van der Waals surface area contributed by atoms with Crippen LogP contribution in [-0.2, 0) is 12.8 Å². The van der Waals surface area contributed by atoms with Crippen molar-refractivity contribution in [3.63, 3.8) is 0 Å². The van der Waals surface area contributed by atoms with Gasteiger partial charge in [0.1, 0.15) is 5.76 Å². The Kier molecular flexibility index (Phi) is 2.98. The summed E-state index contributed by atoms with van der Waals surface area (Å²) in [6.45, 7) is 3.66. The van der Waals surface area contributed by atoms with Crippen LogP contribution in [0, 0.1) is 0 Å². The first-order valence-electron chi connectivity index (χ1n) is 4.97. The molecule has 76 valence electrons. The van der Waals surface area contributed by atoms with E-state index in [0.717, 1.165) is 24.5 Å². The maximum absolute atomic E-state index is 5.55. The second-order valence-corrected chi connectivity index (χ2v) is 3.38. The summed E-state index contributed by atoms with van der Waals surface area (Å²) in [5.74, 6) is 1.63. The fourth-order valence-corrected chi connectivity index (χ4v) is 1.44. The maximum Gasteiger partial charge on any atom is 0.198 e. The minimum absolute atomic E-state index is 0.738. The topological polar surface area (TPSA) is 26.0 Å². The number of oxazole rings is 1. The van der Waals surface area contributed by atoms with Gasteiger partial charge in [-0.3, -0.25) is 0 Å². The normalized spacial score (nSPS) is 10.1. The summed E-state index contributed by atoms with van der Waals surface area (Å²) >= 11 is 0. The Morgan fingerprint density at radius 2 is 2.07 bits per heavy atom. The van der Waals surface area contributed by atoms with Crippen LogP contribution in [-0.4, -0.2) is 4.98 Å². The number of hydrogen-bond acceptors (Lipinski definition) is 2. The molecule has 0 aliphatic heterocycles. The fraction of sp³-hybridized carbons (Fsp3) is 0.154. The Morgan fingerprint density at radius 3 is 2.80 bits per heavy atom. The lowest BCUT2D eigenvalue weighted by atomic mass is 10.2. The summed E-state index contributed by atoms with van der Waals surface area (Å²) in [6, 6.07) is 10.2. The van der Waals surface area contributed by atoms with Gasteiger partial charge in [-0.05, 0) is 5.56 Å². The number of rotatable bonds is 4. The first-order chi connectivity index (χ1) is 7.38. The largest absolute Gasteiger partial charge is 0.445 e. The van der Waals surface area contributed by atoms with Crippen LogP contribution in [0.3, 0.4) is 0 Å². The Balaban J connectivity index is 2.08. The first-order valence-corrected chi connectivity index (χ1v) is 4.97. The van der Waals surface area contributed by atoms with Gasteiger partial charge in [-0.25, -0.2) is 4.98 Å². The molecule has 2 aromatic rings. The highest BCUT2D eigenvalue weighted by Crippen LogP contribution is 2.10. The molecule has 0 atom stereocenters. The van der Waals surface area contributed by atoms with Gasteiger partial charge in [0, 0.05) is 12.8 Å². The zero-order valence-corrected chi connectivity index (χ0v) is 8.52. The van der Waals surface area contributed by atoms with E-state index < -0.39 is 0 Å². The summed E-state index contributed by atoms with van der Waals surface area (Å²) in [6.07, 6.45) is 5.06. The van der Waals surface area contributed by atoms with Gasteiger partial charge in [0.25, 0.3) is 0 Å². The van der Waals surface area contributed by atoms with Crippen molar-refractivity contribution in [3.8, 4) is 0 Å². The molecule has 0 radical (unpaired) electrons. The zero-order chi connectivity index (χ0) is 10.5. The number of benzene rings is 1. The molecule has 1 aromatic carbocycles. The van der Waals surface area contributed by atoms with Gasteiger partial charge in [-0.2, -0.15) is 0 Å². The molecule has 0 N–H and O–H groups in total. The number of aromatic nitrogens is 1. The quantitative estimate of drug-likeness (QED) is 0.707. The molecular formula is C13H13NO. The monoisotopic (exact) mass is 199 g/mol. The minimum Gasteiger partial charge on any atom is -0.445 e. The fourth-order valence-electron chi connectivity index (χ4n) is 1.44. The van der Waals surface area contributed by atoms with E-state index >= 15 is 0 Å². The average molecular weight is 199 g/mol. The third-order valence-electron chi connectivity index (χ3n) is 2.15. The highest BCUT2D eigenvalue weighted by atomic mass is 16.4. The van der Waals surface area contributed by atoms with Gasteiger partial charge in [-0.1, -0.05) is 36.4 Å². The van der Waals surface area contributed by atoms with Gasteiger partial charge < -0.3 is 4.42 Å². The molecule has 0 unspecified atom stereocenters. The number of hydrogen-bond donors (Lipinski definition) is 0. The van der Waals surface area contributed by atoms with Crippen molar-refractivity contribution in [2.45, 2.75) is 12.8 Å². The average Bonchev–Trinajstić information content (AvgIpc) is 2.68. The van der Waals surface area contributed by atoms with E-state index in [0.29, 0.717) is 0 Å². The van der Waals surface area contributed by atoms with Gasteiger partial charge in [0.05, 0.1) is 6.20 Å². The third-order valence-corrected chi connectivity index (χ3v) is 2.15. The molecule has 0 bridgehead atoms. The van der Waals surface area contributed by atoms with Crippen LogP contribution in [0.2, 0.25) is 0 Å². The van der Waals surface area contributed by atoms with Crippen LogP contribution < -0.4 is 0 Å². The molecule has 0 fully saturated rings. The summed E-state index contributed by atoms with van der Waals surface area (Å²) in [7, 11) is 0. The Bertz CT molecular complexity index is 431.